The zero-order valence-corrected chi connectivity index (χ0v) is 14.1. The number of hydrogen-bond acceptors (Lipinski definition) is 4. The summed E-state index contributed by atoms with van der Waals surface area (Å²) in [6, 6.07) is 5.75. The molecule has 24 heavy (non-hydrogen) atoms. The summed E-state index contributed by atoms with van der Waals surface area (Å²) in [5.74, 6) is 2.05. The Labute approximate surface area is 141 Å². The molecule has 3 heterocycles. The predicted molar refractivity (Wildman–Crippen MR) is 92.4 cm³/mol. The Hall–Kier alpha value is -2.37. The third-order valence-electron chi connectivity index (χ3n) is 5.41. The molecule has 0 bridgehead atoms. The van der Waals surface area contributed by atoms with Crippen molar-refractivity contribution in [2.45, 2.75) is 57.4 Å². The fourth-order valence-electron chi connectivity index (χ4n) is 3.74. The van der Waals surface area contributed by atoms with Crippen molar-refractivity contribution in [3.05, 3.63) is 35.2 Å². The first kappa shape index (κ1) is 15.2. The van der Waals surface area contributed by atoms with Crippen LogP contribution in [-0.4, -0.2) is 21.1 Å². The molecule has 6 heteroatoms. The van der Waals surface area contributed by atoms with Gasteiger partial charge >= 0.3 is 0 Å². The van der Waals surface area contributed by atoms with Gasteiger partial charge in [-0.25, -0.2) is 4.98 Å². The summed E-state index contributed by atoms with van der Waals surface area (Å²) in [4.78, 5) is 16.8. The number of aromatic amines is 1. The van der Waals surface area contributed by atoms with E-state index in [1.807, 2.05) is 19.1 Å². The number of rotatable bonds is 4. The molecule has 0 spiro atoms. The Morgan fingerprint density at radius 2 is 2.08 bits per heavy atom. The van der Waals surface area contributed by atoms with Gasteiger partial charge in [0.2, 0.25) is 0 Å². The van der Waals surface area contributed by atoms with Crippen molar-refractivity contribution in [1.29, 1.82) is 0 Å². The van der Waals surface area contributed by atoms with Crippen LogP contribution in [0.25, 0.3) is 0 Å². The minimum atomic E-state index is -0.398. The number of amides is 1. The number of aromatic nitrogens is 3. The number of anilines is 2. The Morgan fingerprint density at radius 1 is 1.29 bits per heavy atom. The molecule has 1 saturated carbocycles. The maximum absolute atomic E-state index is 12.1. The first-order valence-electron chi connectivity index (χ1n) is 8.75. The quantitative estimate of drug-likeness (QED) is 0.802. The second kappa shape index (κ2) is 5.61. The number of carbonyl (C=O) groups is 1. The van der Waals surface area contributed by atoms with Gasteiger partial charge in [-0.2, -0.15) is 5.10 Å². The number of pyridine rings is 1. The fourth-order valence-corrected chi connectivity index (χ4v) is 3.74. The van der Waals surface area contributed by atoms with Crippen LogP contribution in [-0.2, 0) is 5.54 Å². The second-order valence-electron chi connectivity index (χ2n) is 7.05. The Kier molecular flexibility index (Phi) is 3.55. The molecular weight excluding hydrogens is 302 g/mol. The fraction of sp³-hybridized carbons (Fsp3) is 0.500. The summed E-state index contributed by atoms with van der Waals surface area (Å²) in [5, 5.41) is 13.8. The molecule has 4 rings (SSSR count). The lowest BCUT2D eigenvalue weighted by atomic mass is 9.95. The molecule has 1 fully saturated rings. The molecule has 6 nitrogen and oxygen atoms in total. The van der Waals surface area contributed by atoms with E-state index in [4.69, 9.17) is 0 Å². The number of nitrogens with zero attached hydrogens (tertiary/aromatic N) is 2. The van der Waals surface area contributed by atoms with Gasteiger partial charge in [0, 0.05) is 17.7 Å². The first-order valence-corrected chi connectivity index (χ1v) is 8.75. The summed E-state index contributed by atoms with van der Waals surface area (Å²) in [6.45, 7) is 4.07. The van der Waals surface area contributed by atoms with Crippen molar-refractivity contribution in [2.24, 2.45) is 0 Å². The summed E-state index contributed by atoms with van der Waals surface area (Å²) in [7, 11) is 0. The van der Waals surface area contributed by atoms with E-state index < -0.39 is 5.54 Å². The zero-order valence-electron chi connectivity index (χ0n) is 14.1. The average Bonchev–Trinajstić information content (AvgIpc) is 3.29. The van der Waals surface area contributed by atoms with Crippen LogP contribution in [0.3, 0.4) is 0 Å². The monoisotopic (exact) mass is 325 g/mol. The molecule has 1 aliphatic carbocycles. The topological polar surface area (TPSA) is 82.7 Å². The number of H-pyrrole nitrogens is 1. The van der Waals surface area contributed by atoms with Crippen LogP contribution in [0.5, 0.6) is 0 Å². The predicted octanol–water partition coefficient (Wildman–Crippen LogP) is 3.57. The van der Waals surface area contributed by atoms with E-state index in [1.54, 1.807) is 0 Å². The largest absolute Gasteiger partial charge is 0.341 e. The maximum atomic E-state index is 12.1. The SMILES string of the molecule is CCC1(C)NC(=O)c2ccc(Nc3cc(C4CCCC4)[nH]n3)nc21. The Bertz CT molecular complexity index is 777. The summed E-state index contributed by atoms with van der Waals surface area (Å²) in [6.07, 6.45) is 5.88. The minimum absolute atomic E-state index is 0.0447. The van der Waals surface area contributed by atoms with E-state index in [0.29, 0.717) is 11.5 Å². The third kappa shape index (κ3) is 2.46. The molecule has 2 aromatic heterocycles. The molecule has 1 atom stereocenters. The highest BCUT2D eigenvalue weighted by Gasteiger charge is 2.39. The molecule has 1 aliphatic heterocycles. The van der Waals surface area contributed by atoms with Gasteiger partial charge < -0.3 is 10.6 Å². The molecular formula is C18H23N5O. The molecule has 1 unspecified atom stereocenters. The molecule has 2 aliphatic rings. The van der Waals surface area contributed by atoms with Gasteiger partial charge in [-0.15, -0.1) is 0 Å². The molecule has 0 radical (unpaired) electrons. The number of fused-ring (bicyclic) bond motifs is 1. The lowest BCUT2D eigenvalue weighted by Gasteiger charge is -2.22. The van der Waals surface area contributed by atoms with E-state index in [9.17, 15) is 4.79 Å². The molecule has 126 valence electrons. The van der Waals surface area contributed by atoms with E-state index >= 15 is 0 Å². The second-order valence-corrected chi connectivity index (χ2v) is 7.05. The van der Waals surface area contributed by atoms with Crippen molar-refractivity contribution in [2.75, 3.05) is 5.32 Å². The number of nitrogens with one attached hydrogen (secondary N) is 3. The molecule has 2 aromatic rings. The minimum Gasteiger partial charge on any atom is -0.341 e. The van der Waals surface area contributed by atoms with Crippen molar-refractivity contribution < 1.29 is 4.79 Å². The number of carbonyl (C=O) groups excluding carboxylic acids is 1. The van der Waals surface area contributed by atoms with E-state index in [2.05, 4.69) is 38.8 Å². The van der Waals surface area contributed by atoms with Gasteiger partial charge in [0.1, 0.15) is 5.82 Å². The zero-order chi connectivity index (χ0) is 16.7. The van der Waals surface area contributed by atoms with Crippen LogP contribution in [0, 0.1) is 0 Å². The van der Waals surface area contributed by atoms with Gasteiger partial charge in [-0.05, 0) is 38.3 Å². The van der Waals surface area contributed by atoms with Crippen molar-refractivity contribution in [1.82, 2.24) is 20.5 Å². The van der Waals surface area contributed by atoms with Crippen molar-refractivity contribution in [3.8, 4) is 0 Å². The van der Waals surface area contributed by atoms with Gasteiger partial charge in [-0.3, -0.25) is 9.89 Å². The van der Waals surface area contributed by atoms with Crippen LogP contribution in [0.1, 0.15) is 73.6 Å². The van der Waals surface area contributed by atoms with Gasteiger partial charge in [-0.1, -0.05) is 19.8 Å². The third-order valence-corrected chi connectivity index (χ3v) is 5.41. The molecule has 0 aromatic carbocycles. The lowest BCUT2D eigenvalue weighted by Crippen LogP contribution is -2.35. The summed E-state index contributed by atoms with van der Waals surface area (Å²) < 4.78 is 0. The molecule has 0 saturated heterocycles. The summed E-state index contributed by atoms with van der Waals surface area (Å²) >= 11 is 0. The van der Waals surface area contributed by atoms with Crippen LogP contribution in [0.15, 0.2) is 18.2 Å². The average molecular weight is 325 g/mol. The van der Waals surface area contributed by atoms with Gasteiger partial charge in [0.25, 0.3) is 5.91 Å². The first-order chi connectivity index (χ1) is 11.6. The van der Waals surface area contributed by atoms with E-state index in [-0.39, 0.29) is 5.91 Å². The normalized spacial score (nSPS) is 23.3. The highest BCUT2D eigenvalue weighted by Crippen LogP contribution is 2.35. The Morgan fingerprint density at radius 3 is 2.83 bits per heavy atom. The van der Waals surface area contributed by atoms with Crippen LogP contribution < -0.4 is 10.6 Å². The Balaban J connectivity index is 1.58. The van der Waals surface area contributed by atoms with Crippen LogP contribution >= 0.6 is 0 Å². The summed E-state index contributed by atoms with van der Waals surface area (Å²) in [5.41, 5.74) is 2.28. The smallest absolute Gasteiger partial charge is 0.253 e. The van der Waals surface area contributed by atoms with Crippen molar-refractivity contribution in [3.63, 3.8) is 0 Å². The lowest BCUT2D eigenvalue weighted by molar-refractivity contribution is 0.0933. The van der Waals surface area contributed by atoms with E-state index in [1.165, 1.54) is 31.4 Å². The highest BCUT2D eigenvalue weighted by molar-refractivity contribution is 5.99. The van der Waals surface area contributed by atoms with Crippen LogP contribution in [0.4, 0.5) is 11.6 Å². The molecule has 3 N–H and O–H groups in total. The van der Waals surface area contributed by atoms with Crippen LogP contribution in [0.2, 0.25) is 0 Å². The molecule has 1 amide bonds. The number of hydrogen-bond donors (Lipinski definition) is 3. The van der Waals surface area contributed by atoms with E-state index in [0.717, 1.165) is 23.8 Å². The van der Waals surface area contributed by atoms with Gasteiger partial charge in [0.05, 0.1) is 16.8 Å². The van der Waals surface area contributed by atoms with Gasteiger partial charge in [0.15, 0.2) is 5.82 Å². The van der Waals surface area contributed by atoms with Crippen molar-refractivity contribution >= 4 is 17.5 Å². The standard InChI is InChI=1S/C18H23N5O/c1-3-18(2)16-12(17(24)21-18)8-9-14(20-16)19-15-10-13(22-23-15)11-6-4-5-7-11/h8-11H,3-7H2,1-2H3,(H,21,24)(H2,19,20,22,23). The highest BCUT2D eigenvalue weighted by atomic mass is 16.2. The maximum Gasteiger partial charge on any atom is 0.253 e.